The minimum absolute atomic E-state index is 0.0836. The van der Waals surface area contributed by atoms with Crippen molar-refractivity contribution >= 4 is 34.8 Å². The Hall–Kier alpha value is -3.79. The maximum atomic E-state index is 7.82. The molecule has 0 atom stereocenters. The number of aryl methyl sites for hydroxylation is 1. The number of benzene rings is 1. The van der Waals surface area contributed by atoms with Crippen molar-refractivity contribution in [3.8, 4) is 5.75 Å². The first-order valence-electron chi connectivity index (χ1n) is 12.3. The zero-order valence-corrected chi connectivity index (χ0v) is 20.4. The van der Waals surface area contributed by atoms with Crippen LogP contribution in [0.1, 0.15) is 36.8 Å². The van der Waals surface area contributed by atoms with E-state index in [-0.39, 0.29) is 12.0 Å². The second-order valence-electron chi connectivity index (χ2n) is 9.16. The molecule has 0 amide bonds. The van der Waals surface area contributed by atoms with Crippen molar-refractivity contribution < 1.29 is 14.2 Å². The number of morpholine rings is 1. The normalized spacial score (nSPS) is 20.1. The summed E-state index contributed by atoms with van der Waals surface area (Å²) < 4.78 is 16.9. The first-order chi connectivity index (χ1) is 17.6. The maximum absolute atomic E-state index is 7.82. The molecule has 3 heterocycles. The highest BCUT2D eigenvalue weighted by Gasteiger charge is 2.25. The van der Waals surface area contributed by atoms with Crippen LogP contribution in [0.5, 0.6) is 5.75 Å². The van der Waals surface area contributed by atoms with E-state index in [9.17, 15) is 0 Å². The fourth-order valence-electron chi connectivity index (χ4n) is 4.80. The van der Waals surface area contributed by atoms with Crippen molar-refractivity contribution in [2.24, 2.45) is 0 Å². The van der Waals surface area contributed by atoms with Crippen LogP contribution in [0.15, 0.2) is 36.8 Å². The van der Waals surface area contributed by atoms with Gasteiger partial charge >= 0.3 is 0 Å². The molecule has 2 aromatic heterocycles. The van der Waals surface area contributed by atoms with Gasteiger partial charge < -0.3 is 24.4 Å². The van der Waals surface area contributed by atoms with Crippen LogP contribution in [0.25, 0.3) is 11.0 Å². The zero-order chi connectivity index (χ0) is 24.9. The number of nitrogens with zero attached hydrogens (tertiary/aromatic N) is 4. The number of aromatic nitrogens is 3. The third kappa shape index (κ3) is 5.38. The van der Waals surface area contributed by atoms with Gasteiger partial charge in [-0.3, -0.25) is 15.8 Å². The molecule has 2 fully saturated rings. The van der Waals surface area contributed by atoms with Gasteiger partial charge in [0.15, 0.2) is 6.40 Å². The highest BCUT2D eigenvalue weighted by molar-refractivity contribution is 5.95. The third-order valence-corrected chi connectivity index (χ3v) is 6.73. The quantitative estimate of drug-likeness (QED) is 0.336. The van der Waals surface area contributed by atoms with Crippen LogP contribution < -0.4 is 15.0 Å². The summed E-state index contributed by atoms with van der Waals surface area (Å²) in [5.41, 5.74) is 4.23. The number of anilines is 2. The molecule has 10 heteroatoms. The van der Waals surface area contributed by atoms with Crippen molar-refractivity contribution in [1.29, 1.82) is 10.8 Å². The summed E-state index contributed by atoms with van der Waals surface area (Å²) in [5, 5.41) is 18.4. The Bertz CT molecular complexity index is 1240. The predicted octanol–water partition coefficient (Wildman–Crippen LogP) is 3.92. The van der Waals surface area contributed by atoms with Gasteiger partial charge in [0.1, 0.15) is 17.1 Å². The molecule has 3 aromatic rings. The molecule has 3 N–H and O–H groups in total. The van der Waals surface area contributed by atoms with Gasteiger partial charge in [-0.05, 0) is 50.3 Å². The van der Waals surface area contributed by atoms with Crippen LogP contribution in [0.2, 0.25) is 0 Å². The molecular formula is C26H31N7O3. The van der Waals surface area contributed by atoms with Gasteiger partial charge in [0.05, 0.1) is 30.4 Å². The van der Waals surface area contributed by atoms with E-state index in [1.165, 1.54) is 0 Å². The number of nitrogens with one attached hydrogen (secondary N) is 3. The van der Waals surface area contributed by atoms with Crippen LogP contribution >= 0.6 is 0 Å². The van der Waals surface area contributed by atoms with Gasteiger partial charge in [-0.1, -0.05) is 0 Å². The molecule has 36 heavy (non-hydrogen) atoms. The first-order valence-corrected chi connectivity index (χ1v) is 12.3. The monoisotopic (exact) mass is 489 g/mol. The molecular weight excluding hydrogens is 458 g/mol. The Kier molecular flexibility index (Phi) is 7.22. The topological polar surface area (TPSA) is 129 Å². The summed E-state index contributed by atoms with van der Waals surface area (Å²) in [7, 11) is 0. The minimum Gasteiger partial charge on any atom is -0.488 e. The van der Waals surface area contributed by atoms with Gasteiger partial charge in [-0.2, -0.15) is 0 Å². The number of hydrogen-bond donors (Lipinski definition) is 3. The SMILES string of the molecule is Cc1cc(C(=N)OC=N)cnc1NC1CCC(Oc2cc(N3CCOCC3)cc3nccnc23)CC1. The van der Waals surface area contributed by atoms with Crippen LogP contribution in [-0.4, -0.2) is 65.7 Å². The van der Waals surface area contributed by atoms with Crippen molar-refractivity contribution in [1.82, 2.24) is 15.0 Å². The molecule has 2 aliphatic rings. The number of hydrogen-bond acceptors (Lipinski definition) is 10. The fourth-order valence-corrected chi connectivity index (χ4v) is 4.80. The van der Waals surface area contributed by atoms with Gasteiger partial charge in [0.25, 0.3) is 0 Å². The predicted molar refractivity (Wildman–Crippen MR) is 139 cm³/mol. The summed E-state index contributed by atoms with van der Waals surface area (Å²) in [6.07, 6.45) is 9.68. The lowest BCUT2D eigenvalue weighted by molar-refractivity contribution is 0.122. The molecule has 188 valence electrons. The van der Waals surface area contributed by atoms with E-state index >= 15 is 0 Å². The number of fused-ring (bicyclic) bond motifs is 1. The average Bonchev–Trinajstić information content (AvgIpc) is 2.91. The number of rotatable bonds is 7. The second-order valence-corrected chi connectivity index (χ2v) is 9.16. The smallest absolute Gasteiger partial charge is 0.222 e. The van der Waals surface area contributed by atoms with Crippen molar-refractivity contribution in [3.05, 3.63) is 47.9 Å². The molecule has 5 rings (SSSR count). The third-order valence-electron chi connectivity index (χ3n) is 6.73. The highest BCUT2D eigenvalue weighted by atomic mass is 16.5. The molecule has 0 unspecified atom stereocenters. The van der Waals surface area contributed by atoms with Gasteiger partial charge in [0.2, 0.25) is 5.90 Å². The average molecular weight is 490 g/mol. The Balaban J connectivity index is 1.23. The Labute approximate surface area is 210 Å². The van der Waals surface area contributed by atoms with Gasteiger partial charge in [-0.25, -0.2) is 9.97 Å². The largest absolute Gasteiger partial charge is 0.488 e. The Morgan fingerprint density at radius 3 is 2.61 bits per heavy atom. The standard InChI is InChI=1S/C26H31N7O3/c1-17-12-18(25(28)35-16-27)15-31-26(17)32-19-2-4-21(5-3-19)36-23-14-20(33-8-10-34-11-9-33)13-22-24(23)30-7-6-29-22/h6-7,12-16,19,21,27-28H,2-5,8-11H2,1H3,(H,31,32). The summed E-state index contributed by atoms with van der Waals surface area (Å²) in [5.74, 6) is 1.52. The maximum Gasteiger partial charge on any atom is 0.222 e. The number of pyridine rings is 1. The molecule has 0 radical (unpaired) electrons. The molecule has 1 saturated carbocycles. The van der Waals surface area contributed by atoms with E-state index in [2.05, 4.69) is 37.3 Å². The molecule has 1 aliphatic carbocycles. The van der Waals surface area contributed by atoms with Gasteiger partial charge in [0, 0.05) is 49.5 Å². The highest BCUT2D eigenvalue weighted by Crippen LogP contribution is 2.33. The van der Waals surface area contributed by atoms with Crippen LogP contribution in [0.3, 0.4) is 0 Å². The van der Waals surface area contributed by atoms with Crippen molar-refractivity contribution in [3.63, 3.8) is 0 Å². The lowest BCUT2D eigenvalue weighted by Gasteiger charge is -2.31. The minimum atomic E-state index is -0.0836. The first kappa shape index (κ1) is 23.9. The van der Waals surface area contributed by atoms with Crippen LogP contribution in [-0.2, 0) is 9.47 Å². The molecule has 0 spiro atoms. The molecule has 0 bridgehead atoms. The van der Waals surface area contributed by atoms with Crippen LogP contribution in [0.4, 0.5) is 11.5 Å². The van der Waals surface area contributed by atoms with E-state index in [1.807, 2.05) is 13.0 Å². The van der Waals surface area contributed by atoms with E-state index in [0.29, 0.717) is 11.6 Å². The van der Waals surface area contributed by atoms with Crippen LogP contribution in [0, 0.1) is 17.7 Å². The van der Waals surface area contributed by atoms with E-state index in [0.717, 1.165) is 92.2 Å². The summed E-state index contributed by atoms with van der Waals surface area (Å²) in [4.78, 5) is 15.9. The Morgan fingerprint density at radius 1 is 1.08 bits per heavy atom. The molecule has 1 aromatic carbocycles. The molecule has 10 nitrogen and oxygen atoms in total. The van der Waals surface area contributed by atoms with Gasteiger partial charge in [-0.15, -0.1) is 0 Å². The van der Waals surface area contributed by atoms with E-state index < -0.39 is 0 Å². The zero-order valence-electron chi connectivity index (χ0n) is 20.4. The lowest BCUT2D eigenvalue weighted by atomic mass is 9.92. The Morgan fingerprint density at radius 2 is 1.86 bits per heavy atom. The fraction of sp³-hybridized carbons (Fsp3) is 0.423. The van der Waals surface area contributed by atoms with Crippen molar-refractivity contribution in [2.75, 3.05) is 36.5 Å². The van der Waals surface area contributed by atoms with E-state index in [1.54, 1.807) is 18.6 Å². The summed E-state index contributed by atoms with van der Waals surface area (Å²) in [6, 6.07) is 6.33. The summed E-state index contributed by atoms with van der Waals surface area (Å²) in [6.45, 7) is 5.12. The van der Waals surface area contributed by atoms with E-state index in [4.69, 9.17) is 25.0 Å². The second kappa shape index (κ2) is 10.9. The number of ether oxygens (including phenoxy) is 3. The molecule has 1 aliphatic heterocycles. The lowest BCUT2D eigenvalue weighted by Crippen LogP contribution is -2.36. The van der Waals surface area contributed by atoms with Crippen molar-refractivity contribution in [2.45, 2.75) is 44.8 Å². The summed E-state index contributed by atoms with van der Waals surface area (Å²) >= 11 is 0. The molecule has 1 saturated heterocycles.